The SMILES string of the molecule is CSc1cccc([C@@H]2CCN[C@H](C)[C@H]2COc2ccc3c(c2)C(=O)NC3)c1. The van der Waals surface area contributed by atoms with Gasteiger partial charge < -0.3 is 15.4 Å². The third kappa shape index (κ3) is 3.85. The van der Waals surface area contributed by atoms with E-state index in [4.69, 9.17) is 4.74 Å². The fourth-order valence-electron chi connectivity index (χ4n) is 4.20. The Morgan fingerprint density at radius 1 is 1.22 bits per heavy atom. The topological polar surface area (TPSA) is 50.4 Å². The second-order valence-electron chi connectivity index (χ2n) is 7.39. The van der Waals surface area contributed by atoms with Crippen molar-refractivity contribution in [1.82, 2.24) is 10.6 Å². The molecular weight excluding hydrogens is 356 g/mol. The molecule has 4 rings (SSSR count). The van der Waals surface area contributed by atoms with E-state index in [-0.39, 0.29) is 5.91 Å². The largest absolute Gasteiger partial charge is 0.493 e. The van der Waals surface area contributed by atoms with Gasteiger partial charge in [0.15, 0.2) is 0 Å². The molecule has 1 amide bonds. The molecule has 4 nitrogen and oxygen atoms in total. The van der Waals surface area contributed by atoms with Crippen molar-refractivity contribution in [3.8, 4) is 5.75 Å². The molecule has 5 heteroatoms. The van der Waals surface area contributed by atoms with Crippen molar-refractivity contribution in [3.05, 3.63) is 59.2 Å². The molecule has 0 saturated carbocycles. The summed E-state index contributed by atoms with van der Waals surface area (Å²) in [6.07, 6.45) is 3.23. The predicted molar refractivity (Wildman–Crippen MR) is 110 cm³/mol. The van der Waals surface area contributed by atoms with Crippen LogP contribution in [0, 0.1) is 5.92 Å². The normalized spacial score (nSPS) is 24.4. The molecule has 2 heterocycles. The summed E-state index contributed by atoms with van der Waals surface area (Å²) in [5.74, 6) is 1.64. The van der Waals surface area contributed by atoms with Crippen molar-refractivity contribution in [1.29, 1.82) is 0 Å². The lowest BCUT2D eigenvalue weighted by atomic mass is 9.77. The molecule has 2 aromatic rings. The molecule has 0 aromatic heterocycles. The first-order valence-corrected chi connectivity index (χ1v) is 10.8. The van der Waals surface area contributed by atoms with Crippen LogP contribution in [-0.4, -0.2) is 31.4 Å². The number of nitrogens with one attached hydrogen (secondary N) is 2. The van der Waals surface area contributed by atoms with Crippen LogP contribution < -0.4 is 15.4 Å². The zero-order valence-electron chi connectivity index (χ0n) is 15.8. The van der Waals surface area contributed by atoms with E-state index in [2.05, 4.69) is 48.1 Å². The molecule has 2 aliphatic rings. The lowest BCUT2D eigenvalue weighted by molar-refractivity contribution is 0.0965. The van der Waals surface area contributed by atoms with Crippen LogP contribution in [0.1, 0.15) is 40.7 Å². The number of hydrogen-bond donors (Lipinski definition) is 2. The van der Waals surface area contributed by atoms with Gasteiger partial charge in [-0.25, -0.2) is 0 Å². The molecule has 27 heavy (non-hydrogen) atoms. The third-order valence-electron chi connectivity index (χ3n) is 5.81. The lowest BCUT2D eigenvalue weighted by Crippen LogP contribution is -2.45. The summed E-state index contributed by atoms with van der Waals surface area (Å²) in [5, 5.41) is 6.45. The minimum atomic E-state index is -0.00471. The van der Waals surface area contributed by atoms with Crippen LogP contribution >= 0.6 is 11.8 Å². The summed E-state index contributed by atoms with van der Waals surface area (Å²) < 4.78 is 6.17. The molecular formula is C22H26N2O2S. The van der Waals surface area contributed by atoms with E-state index in [9.17, 15) is 4.79 Å². The average molecular weight is 383 g/mol. The van der Waals surface area contributed by atoms with Crippen LogP contribution in [0.3, 0.4) is 0 Å². The Hall–Kier alpha value is -1.98. The zero-order chi connectivity index (χ0) is 18.8. The molecule has 0 bridgehead atoms. The summed E-state index contributed by atoms with van der Waals surface area (Å²) >= 11 is 1.79. The number of amides is 1. The maximum atomic E-state index is 11.9. The standard InChI is InChI=1S/C22H26N2O2S/c1-14-21(13-26-17-7-6-16-12-24-22(25)20(16)11-17)19(8-9-23-14)15-4-3-5-18(10-15)27-2/h3-7,10-11,14,19,21,23H,8-9,12-13H2,1-2H3,(H,24,25)/t14-,19+,21-/m1/s1. The Balaban J connectivity index is 1.51. The number of carbonyl (C=O) groups excluding carboxylic acids is 1. The number of ether oxygens (including phenoxy) is 1. The fourth-order valence-corrected chi connectivity index (χ4v) is 4.67. The monoisotopic (exact) mass is 382 g/mol. The average Bonchev–Trinajstić information content (AvgIpc) is 3.07. The zero-order valence-corrected chi connectivity index (χ0v) is 16.6. The first-order valence-electron chi connectivity index (χ1n) is 9.57. The van der Waals surface area contributed by atoms with Crippen molar-refractivity contribution < 1.29 is 9.53 Å². The minimum Gasteiger partial charge on any atom is -0.493 e. The second kappa shape index (κ2) is 7.95. The van der Waals surface area contributed by atoms with Crippen LogP contribution in [0.2, 0.25) is 0 Å². The Morgan fingerprint density at radius 2 is 2.11 bits per heavy atom. The summed E-state index contributed by atoms with van der Waals surface area (Å²) in [6, 6.07) is 15.1. The van der Waals surface area contributed by atoms with E-state index >= 15 is 0 Å². The first-order chi connectivity index (χ1) is 13.2. The molecule has 3 atom stereocenters. The Labute approximate surface area is 165 Å². The highest BCUT2D eigenvalue weighted by atomic mass is 32.2. The van der Waals surface area contributed by atoms with E-state index in [0.29, 0.717) is 31.0 Å². The highest BCUT2D eigenvalue weighted by Gasteiger charge is 2.32. The molecule has 1 fully saturated rings. The van der Waals surface area contributed by atoms with Gasteiger partial charge in [0.05, 0.1) is 6.61 Å². The molecule has 0 aliphatic carbocycles. The smallest absolute Gasteiger partial charge is 0.252 e. The minimum absolute atomic E-state index is 0.00471. The van der Waals surface area contributed by atoms with E-state index in [0.717, 1.165) is 29.8 Å². The number of hydrogen-bond acceptors (Lipinski definition) is 4. The Kier molecular flexibility index (Phi) is 5.41. The van der Waals surface area contributed by atoms with Gasteiger partial charge in [-0.2, -0.15) is 0 Å². The van der Waals surface area contributed by atoms with Gasteiger partial charge in [0.25, 0.3) is 5.91 Å². The summed E-state index contributed by atoms with van der Waals surface area (Å²) in [4.78, 5) is 13.2. The summed E-state index contributed by atoms with van der Waals surface area (Å²) in [7, 11) is 0. The van der Waals surface area contributed by atoms with Crippen LogP contribution in [0.5, 0.6) is 5.75 Å². The maximum Gasteiger partial charge on any atom is 0.252 e. The van der Waals surface area contributed by atoms with Gasteiger partial charge in [-0.3, -0.25) is 4.79 Å². The molecule has 0 radical (unpaired) electrons. The highest BCUT2D eigenvalue weighted by Crippen LogP contribution is 2.35. The molecule has 1 saturated heterocycles. The van der Waals surface area contributed by atoms with Crippen molar-refractivity contribution in [3.63, 3.8) is 0 Å². The van der Waals surface area contributed by atoms with E-state index in [1.54, 1.807) is 11.8 Å². The third-order valence-corrected chi connectivity index (χ3v) is 6.54. The van der Waals surface area contributed by atoms with Crippen LogP contribution in [0.4, 0.5) is 0 Å². The van der Waals surface area contributed by atoms with E-state index < -0.39 is 0 Å². The number of benzene rings is 2. The maximum absolute atomic E-state index is 11.9. The van der Waals surface area contributed by atoms with Gasteiger partial charge in [-0.1, -0.05) is 18.2 Å². The van der Waals surface area contributed by atoms with E-state index in [1.165, 1.54) is 10.5 Å². The number of fused-ring (bicyclic) bond motifs is 1. The first kappa shape index (κ1) is 18.4. The Bertz CT molecular complexity index is 839. The molecule has 2 aliphatic heterocycles. The van der Waals surface area contributed by atoms with Crippen molar-refractivity contribution >= 4 is 17.7 Å². The summed E-state index contributed by atoms with van der Waals surface area (Å²) in [6.45, 7) is 4.54. The predicted octanol–water partition coefficient (Wildman–Crippen LogP) is 3.81. The quantitative estimate of drug-likeness (QED) is 0.772. The van der Waals surface area contributed by atoms with Gasteiger partial charge in [0.2, 0.25) is 0 Å². The molecule has 142 valence electrons. The Morgan fingerprint density at radius 3 is 2.96 bits per heavy atom. The van der Waals surface area contributed by atoms with Gasteiger partial charge in [-0.15, -0.1) is 11.8 Å². The van der Waals surface area contributed by atoms with Gasteiger partial charge in [0.1, 0.15) is 5.75 Å². The van der Waals surface area contributed by atoms with Crippen molar-refractivity contribution in [2.45, 2.75) is 36.7 Å². The summed E-state index contributed by atoms with van der Waals surface area (Å²) in [5.41, 5.74) is 3.19. The number of rotatable bonds is 5. The number of thioether (sulfide) groups is 1. The van der Waals surface area contributed by atoms with Gasteiger partial charge in [0, 0.05) is 29.0 Å². The fraction of sp³-hybridized carbons (Fsp3) is 0.409. The highest BCUT2D eigenvalue weighted by molar-refractivity contribution is 7.98. The molecule has 0 unspecified atom stereocenters. The number of carbonyl (C=O) groups is 1. The van der Waals surface area contributed by atoms with Crippen molar-refractivity contribution in [2.75, 3.05) is 19.4 Å². The van der Waals surface area contributed by atoms with Crippen LogP contribution in [0.15, 0.2) is 47.4 Å². The lowest BCUT2D eigenvalue weighted by Gasteiger charge is -2.37. The molecule has 2 N–H and O–H groups in total. The second-order valence-corrected chi connectivity index (χ2v) is 8.27. The van der Waals surface area contributed by atoms with Crippen LogP contribution in [-0.2, 0) is 6.54 Å². The number of piperidine rings is 1. The van der Waals surface area contributed by atoms with Crippen LogP contribution in [0.25, 0.3) is 0 Å². The molecule has 2 aromatic carbocycles. The van der Waals surface area contributed by atoms with Gasteiger partial charge in [-0.05, 0) is 67.5 Å². The van der Waals surface area contributed by atoms with E-state index in [1.807, 2.05) is 18.2 Å². The van der Waals surface area contributed by atoms with Gasteiger partial charge >= 0.3 is 0 Å². The van der Waals surface area contributed by atoms with Crippen molar-refractivity contribution in [2.24, 2.45) is 5.92 Å². The molecule has 0 spiro atoms.